The molecule has 0 aromatic heterocycles. The van der Waals surface area contributed by atoms with Crippen LogP contribution in [-0.4, -0.2) is 20.4 Å². The lowest BCUT2D eigenvalue weighted by Gasteiger charge is -2.14. The minimum Gasteiger partial charge on any atom is -0.466 e. The lowest BCUT2D eigenvalue weighted by atomic mass is 10.0. The van der Waals surface area contributed by atoms with Gasteiger partial charge in [0.1, 0.15) is 5.75 Å². The highest BCUT2D eigenvalue weighted by atomic mass is 35.5. The van der Waals surface area contributed by atoms with Crippen LogP contribution in [0.2, 0.25) is 5.02 Å². The molecule has 2 aromatic carbocycles. The van der Waals surface area contributed by atoms with E-state index >= 15 is 0 Å². The highest BCUT2D eigenvalue weighted by Crippen LogP contribution is 2.36. The van der Waals surface area contributed by atoms with Gasteiger partial charge in [-0.1, -0.05) is 35.9 Å². The summed E-state index contributed by atoms with van der Waals surface area (Å²) in [6, 6.07) is 10.0. The molecule has 18 heavy (non-hydrogen) atoms. The lowest BCUT2D eigenvalue weighted by molar-refractivity contribution is 0.0506. The summed E-state index contributed by atoms with van der Waals surface area (Å²) in [5.41, 5.74) is 6.63. The van der Waals surface area contributed by atoms with Gasteiger partial charge in [-0.15, -0.1) is 0 Å². The Morgan fingerprint density at radius 3 is 2.78 bits per heavy atom. The molecule has 0 unspecified atom stereocenters. The van der Waals surface area contributed by atoms with Crippen molar-refractivity contribution in [2.45, 2.75) is 6.42 Å². The smallest absolute Gasteiger partial charge is 0.188 e. The molecule has 2 aromatic rings. The summed E-state index contributed by atoms with van der Waals surface area (Å²) in [6.07, 6.45) is 0.726. The molecule has 0 atom stereocenters. The largest absolute Gasteiger partial charge is 0.466 e. The zero-order chi connectivity index (χ0) is 13.0. The molecule has 0 bridgehead atoms. The molecule has 0 aliphatic carbocycles. The van der Waals surface area contributed by atoms with Crippen LogP contribution in [0.4, 0.5) is 0 Å². The maximum Gasteiger partial charge on any atom is 0.188 e. The van der Waals surface area contributed by atoms with E-state index in [9.17, 15) is 0 Å². The quantitative estimate of drug-likeness (QED) is 0.846. The Hall–Kier alpha value is -1.29. The molecule has 96 valence electrons. The Bertz CT molecular complexity index is 543. The SMILES string of the molecule is COCOc1c(CCN)cc2ccccc2c1Cl. The van der Waals surface area contributed by atoms with Crippen molar-refractivity contribution in [3.8, 4) is 5.75 Å². The molecular formula is C14H16ClNO2. The average molecular weight is 266 g/mol. The molecule has 0 aliphatic heterocycles. The normalized spacial score (nSPS) is 10.8. The highest BCUT2D eigenvalue weighted by Gasteiger charge is 2.12. The minimum atomic E-state index is 0.176. The van der Waals surface area contributed by atoms with Crippen LogP contribution >= 0.6 is 11.6 Å². The van der Waals surface area contributed by atoms with Crippen LogP contribution in [0, 0.1) is 0 Å². The Morgan fingerprint density at radius 1 is 1.28 bits per heavy atom. The van der Waals surface area contributed by atoms with Crippen molar-refractivity contribution in [3.05, 3.63) is 40.9 Å². The highest BCUT2D eigenvalue weighted by molar-refractivity contribution is 6.37. The molecule has 0 radical (unpaired) electrons. The third-order valence-electron chi connectivity index (χ3n) is 2.75. The zero-order valence-corrected chi connectivity index (χ0v) is 11.0. The van der Waals surface area contributed by atoms with Crippen molar-refractivity contribution in [2.24, 2.45) is 5.73 Å². The summed E-state index contributed by atoms with van der Waals surface area (Å²) >= 11 is 6.40. The molecule has 3 nitrogen and oxygen atoms in total. The molecule has 0 heterocycles. The van der Waals surface area contributed by atoms with E-state index in [0.717, 1.165) is 22.8 Å². The van der Waals surface area contributed by atoms with Crippen LogP contribution < -0.4 is 10.5 Å². The van der Waals surface area contributed by atoms with E-state index in [4.69, 9.17) is 26.8 Å². The third kappa shape index (κ3) is 2.58. The number of rotatable bonds is 5. The summed E-state index contributed by atoms with van der Waals surface area (Å²) in [5, 5.41) is 2.69. The number of methoxy groups -OCH3 is 1. The summed E-state index contributed by atoms with van der Waals surface area (Å²) in [7, 11) is 1.58. The van der Waals surface area contributed by atoms with Gasteiger partial charge < -0.3 is 15.2 Å². The van der Waals surface area contributed by atoms with Gasteiger partial charge in [0, 0.05) is 12.5 Å². The van der Waals surface area contributed by atoms with Gasteiger partial charge >= 0.3 is 0 Å². The minimum absolute atomic E-state index is 0.176. The standard InChI is InChI=1S/C14H16ClNO2/c1-17-9-18-14-11(6-7-16)8-10-4-2-3-5-12(10)13(14)15/h2-5,8H,6-7,9,16H2,1H3. The number of nitrogens with two attached hydrogens (primary N) is 1. The van der Waals surface area contributed by atoms with Crippen molar-refractivity contribution in [3.63, 3.8) is 0 Å². The average Bonchev–Trinajstić information content (AvgIpc) is 2.39. The van der Waals surface area contributed by atoms with Gasteiger partial charge in [0.25, 0.3) is 0 Å². The Balaban J connectivity index is 2.55. The molecule has 0 amide bonds. The summed E-state index contributed by atoms with van der Waals surface area (Å²) in [4.78, 5) is 0. The van der Waals surface area contributed by atoms with E-state index in [-0.39, 0.29) is 6.79 Å². The first-order valence-electron chi connectivity index (χ1n) is 5.80. The van der Waals surface area contributed by atoms with Gasteiger partial charge in [0.15, 0.2) is 6.79 Å². The predicted octanol–water partition coefficient (Wildman–Crippen LogP) is 2.98. The van der Waals surface area contributed by atoms with E-state index in [1.807, 2.05) is 24.3 Å². The number of hydrogen-bond acceptors (Lipinski definition) is 3. The van der Waals surface area contributed by atoms with Crippen LogP contribution in [0.1, 0.15) is 5.56 Å². The van der Waals surface area contributed by atoms with Gasteiger partial charge in [-0.2, -0.15) is 0 Å². The number of hydrogen-bond donors (Lipinski definition) is 1. The van der Waals surface area contributed by atoms with E-state index in [1.165, 1.54) is 0 Å². The Labute approximate surface area is 111 Å². The number of fused-ring (bicyclic) bond motifs is 1. The van der Waals surface area contributed by atoms with Crippen molar-refractivity contribution < 1.29 is 9.47 Å². The van der Waals surface area contributed by atoms with Crippen LogP contribution in [-0.2, 0) is 11.2 Å². The van der Waals surface area contributed by atoms with Crippen LogP contribution in [0.5, 0.6) is 5.75 Å². The van der Waals surface area contributed by atoms with Crippen molar-refractivity contribution in [2.75, 3.05) is 20.4 Å². The summed E-state index contributed by atoms with van der Waals surface area (Å²) < 4.78 is 10.5. The fourth-order valence-electron chi connectivity index (χ4n) is 1.95. The van der Waals surface area contributed by atoms with E-state index in [0.29, 0.717) is 17.3 Å². The van der Waals surface area contributed by atoms with Crippen LogP contribution in [0.15, 0.2) is 30.3 Å². The van der Waals surface area contributed by atoms with Crippen molar-refractivity contribution in [1.82, 2.24) is 0 Å². The monoisotopic (exact) mass is 265 g/mol. The molecule has 4 heteroatoms. The molecule has 0 aliphatic rings. The van der Waals surface area contributed by atoms with Gasteiger partial charge in [-0.3, -0.25) is 0 Å². The number of halogens is 1. The first-order chi connectivity index (χ1) is 8.77. The van der Waals surface area contributed by atoms with Gasteiger partial charge in [-0.25, -0.2) is 0 Å². The summed E-state index contributed by atoms with van der Waals surface area (Å²) in [6.45, 7) is 0.730. The van der Waals surface area contributed by atoms with Crippen LogP contribution in [0.3, 0.4) is 0 Å². The van der Waals surface area contributed by atoms with E-state index in [1.54, 1.807) is 7.11 Å². The number of benzene rings is 2. The number of ether oxygens (including phenoxy) is 2. The second kappa shape index (κ2) is 6.05. The molecule has 2 N–H and O–H groups in total. The van der Waals surface area contributed by atoms with Crippen molar-refractivity contribution in [1.29, 1.82) is 0 Å². The fourth-order valence-corrected chi connectivity index (χ4v) is 2.30. The summed E-state index contributed by atoms with van der Waals surface area (Å²) in [5.74, 6) is 0.669. The maximum atomic E-state index is 6.40. The predicted molar refractivity (Wildman–Crippen MR) is 74.2 cm³/mol. The van der Waals surface area contributed by atoms with Gasteiger partial charge in [0.2, 0.25) is 0 Å². The molecule has 0 saturated carbocycles. The second-order valence-corrected chi connectivity index (χ2v) is 4.37. The first-order valence-corrected chi connectivity index (χ1v) is 6.17. The lowest BCUT2D eigenvalue weighted by Crippen LogP contribution is -2.07. The topological polar surface area (TPSA) is 44.5 Å². The van der Waals surface area contributed by atoms with Gasteiger partial charge in [0.05, 0.1) is 5.02 Å². The first kappa shape index (κ1) is 13.1. The fraction of sp³-hybridized carbons (Fsp3) is 0.286. The molecule has 0 saturated heterocycles. The van der Waals surface area contributed by atoms with Gasteiger partial charge in [-0.05, 0) is 30.0 Å². The molecule has 0 fully saturated rings. The molecular weight excluding hydrogens is 250 g/mol. The third-order valence-corrected chi connectivity index (χ3v) is 3.13. The van der Waals surface area contributed by atoms with E-state index in [2.05, 4.69) is 6.07 Å². The maximum absolute atomic E-state index is 6.40. The zero-order valence-electron chi connectivity index (χ0n) is 10.3. The van der Waals surface area contributed by atoms with E-state index < -0.39 is 0 Å². The van der Waals surface area contributed by atoms with Crippen LogP contribution in [0.25, 0.3) is 10.8 Å². The molecule has 0 spiro atoms. The van der Waals surface area contributed by atoms with Crippen molar-refractivity contribution >= 4 is 22.4 Å². The second-order valence-electron chi connectivity index (χ2n) is 3.99. The Kier molecular flexibility index (Phi) is 4.42. The Morgan fingerprint density at radius 2 is 2.06 bits per heavy atom. The molecule has 2 rings (SSSR count).